The fourth-order valence-electron chi connectivity index (χ4n) is 3.16. The van der Waals surface area contributed by atoms with E-state index in [0.29, 0.717) is 0 Å². The maximum absolute atomic E-state index is 12.5. The van der Waals surface area contributed by atoms with Gasteiger partial charge >= 0.3 is 0 Å². The highest BCUT2D eigenvalue weighted by Gasteiger charge is 2.14. The molecule has 0 amide bonds. The van der Waals surface area contributed by atoms with Gasteiger partial charge in [0.2, 0.25) is 0 Å². The summed E-state index contributed by atoms with van der Waals surface area (Å²) in [5.74, 6) is 0. The van der Waals surface area contributed by atoms with E-state index in [1.807, 2.05) is 43.4 Å². The van der Waals surface area contributed by atoms with Crippen LogP contribution in [0, 0.1) is 6.92 Å². The van der Waals surface area contributed by atoms with E-state index in [0.717, 1.165) is 27.6 Å². The molecule has 3 nitrogen and oxygen atoms in total. The Morgan fingerprint density at radius 2 is 1.40 bits per heavy atom. The minimum absolute atomic E-state index is 0.0546. The van der Waals surface area contributed by atoms with Gasteiger partial charge in [0.05, 0.1) is 16.4 Å². The van der Waals surface area contributed by atoms with Crippen molar-refractivity contribution >= 4 is 27.5 Å². The van der Waals surface area contributed by atoms with Crippen molar-refractivity contribution in [1.29, 1.82) is 0 Å². The maximum Gasteiger partial charge on any atom is 0.261 e. The molecule has 20 heavy (non-hydrogen) atoms. The number of aryl methyl sites for hydroxylation is 2. The molecule has 0 spiro atoms. The van der Waals surface area contributed by atoms with E-state index in [9.17, 15) is 4.79 Å². The zero-order valence-electron chi connectivity index (χ0n) is 11.4. The molecule has 0 unspecified atom stereocenters. The Morgan fingerprint density at radius 3 is 2.10 bits per heavy atom. The van der Waals surface area contributed by atoms with Crippen molar-refractivity contribution in [2.75, 3.05) is 0 Å². The van der Waals surface area contributed by atoms with Gasteiger partial charge in [0.25, 0.3) is 5.56 Å². The lowest BCUT2D eigenvalue weighted by molar-refractivity contribution is 0.881. The summed E-state index contributed by atoms with van der Waals surface area (Å²) in [6.45, 7) is 2.08. The molecule has 0 radical (unpaired) electrons. The molecule has 4 rings (SSSR count). The fourth-order valence-corrected chi connectivity index (χ4v) is 3.16. The molecule has 3 heteroatoms. The highest BCUT2D eigenvalue weighted by molar-refractivity contribution is 5.96. The van der Waals surface area contributed by atoms with E-state index in [1.165, 1.54) is 5.39 Å². The van der Waals surface area contributed by atoms with Crippen LogP contribution < -0.4 is 5.56 Å². The van der Waals surface area contributed by atoms with E-state index < -0.39 is 0 Å². The van der Waals surface area contributed by atoms with Crippen molar-refractivity contribution < 1.29 is 0 Å². The van der Waals surface area contributed by atoms with Crippen LogP contribution in [0.15, 0.2) is 53.3 Å². The summed E-state index contributed by atoms with van der Waals surface area (Å²) in [6, 6.07) is 16.1. The zero-order valence-corrected chi connectivity index (χ0v) is 11.4. The summed E-state index contributed by atoms with van der Waals surface area (Å²) >= 11 is 0. The molecule has 0 N–H and O–H groups in total. The molecule has 0 saturated carbocycles. The van der Waals surface area contributed by atoms with Crippen LogP contribution in [0.25, 0.3) is 27.5 Å². The van der Waals surface area contributed by atoms with Gasteiger partial charge in [-0.2, -0.15) is 0 Å². The molecule has 0 fully saturated rings. The number of nitrogens with zero attached hydrogens (tertiary/aromatic N) is 2. The Labute approximate surface area is 115 Å². The van der Waals surface area contributed by atoms with Crippen LogP contribution in [-0.4, -0.2) is 8.97 Å². The minimum atomic E-state index is 0.0546. The Hall–Kier alpha value is -2.55. The smallest absolute Gasteiger partial charge is 0.261 e. The molecule has 0 aliphatic rings. The average Bonchev–Trinajstić information content (AvgIpc) is 2.79. The van der Waals surface area contributed by atoms with Gasteiger partial charge in [-0.15, -0.1) is 0 Å². The van der Waals surface area contributed by atoms with Gasteiger partial charge in [0.1, 0.15) is 5.65 Å². The lowest BCUT2D eigenvalue weighted by Crippen LogP contribution is -2.19. The molecule has 2 aromatic heterocycles. The predicted octanol–water partition coefficient (Wildman–Crippen LogP) is 3.25. The van der Waals surface area contributed by atoms with Crippen molar-refractivity contribution in [2.24, 2.45) is 7.05 Å². The van der Waals surface area contributed by atoms with Crippen molar-refractivity contribution in [2.45, 2.75) is 6.92 Å². The third kappa shape index (κ3) is 1.22. The van der Waals surface area contributed by atoms with Crippen molar-refractivity contribution in [3.05, 3.63) is 64.4 Å². The monoisotopic (exact) mass is 262 g/mol. The third-order valence-corrected chi connectivity index (χ3v) is 4.09. The molecule has 0 saturated heterocycles. The second-order valence-electron chi connectivity index (χ2n) is 5.18. The molecule has 0 atom stereocenters. The summed E-state index contributed by atoms with van der Waals surface area (Å²) in [5, 5.41) is 1.95. The first kappa shape index (κ1) is 11.3. The van der Waals surface area contributed by atoms with Crippen molar-refractivity contribution in [1.82, 2.24) is 8.97 Å². The third-order valence-electron chi connectivity index (χ3n) is 4.09. The van der Waals surface area contributed by atoms with Crippen molar-refractivity contribution in [3.8, 4) is 0 Å². The van der Waals surface area contributed by atoms with Gasteiger partial charge in [0, 0.05) is 12.4 Å². The number of hydrogen-bond donors (Lipinski definition) is 0. The first-order chi connectivity index (χ1) is 9.70. The molecular weight excluding hydrogens is 248 g/mol. The van der Waals surface area contributed by atoms with Crippen LogP contribution >= 0.6 is 0 Å². The Kier molecular flexibility index (Phi) is 2.11. The van der Waals surface area contributed by atoms with E-state index in [2.05, 4.69) is 23.5 Å². The summed E-state index contributed by atoms with van der Waals surface area (Å²) in [5.41, 5.74) is 4.28. The second-order valence-corrected chi connectivity index (χ2v) is 5.18. The number of rotatable bonds is 0. The zero-order chi connectivity index (χ0) is 13.9. The number of benzene rings is 2. The Balaban J connectivity index is 2.51. The van der Waals surface area contributed by atoms with Crippen LogP contribution in [0.2, 0.25) is 0 Å². The maximum atomic E-state index is 12.5. The van der Waals surface area contributed by atoms with Crippen LogP contribution in [0.4, 0.5) is 0 Å². The van der Waals surface area contributed by atoms with Gasteiger partial charge in [-0.05, 0) is 30.7 Å². The summed E-state index contributed by atoms with van der Waals surface area (Å²) in [7, 11) is 1.84. The lowest BCUT2D eigenvalue weighted by atomic mass is 10.2. The Bertz CT molecular complexity index is 1040. The van der Waals surface area contributed by atoms with Crippen LogP contribution in [-0.2, 0) is 7.05 Å². The van der Waals surface area contributed by atoms with E-state index >= 15 is 0 Å². The predicted molar refractivity (Wildman–Crippen MR) is 82.4 cm³/mol. The van der Waals surface area contributed by atoms with Gasteiger partial charge in [0.15, 0.2) is 0 Å². The van der Waals surface area contributed by atoms with Crippen LogP contribution in [0.3, 0.4) is 0 Å². The second kappa shape index (κ2) is 3.73. The molecule has 4 aromatic rings. The quantitative estimate of drug-likeness (QED) is 0.478. The molecule has 2 heterocycles. The number of fused-ring (bicyclic) bond motifs is 5. The average molecular weight is 262 g/mol. The summed E-state index contributed by atoms with van der Waals surface area (Å²) in [6.07, 6.45) is 0. The van der Waals surface area contributed by atoms with Gasteiger partial charge in [-0.25, -0.2) is 0 Å². The molecule has 0 bridgehead atoms. The number of aromatic nitrogens is 2. The number of hydrogen-bond acceptors (Lipinski definition) is 1. The molecular formula is C17H14N2O. The normalized spacial score (nSPS) is 11.7. The standard InChI is InChI=1S/C17H14N2O/c1-11-12-7-3-5-9-14(12)19-15-10-6-4-8-13(15)17(20)18(2)16(11)19/h3-10H,1-2H3. The lowest BCUT2D eigenvalue weighted by Gasteiger charge is -2.08. The molecule has 0 aliphatic heterocycles. The number of para-hydroxylation sites is 2. The first-order valence-electron chi connectivity index (χ1n) is 6.67. The highest BCUT2D eigenvalue weighted by Crippen LogP contribution is 2.27. The van der Waals surface area contributed by atoms with Gasteiger partial charge in [-0.3, -0.25) is 13.8 Å². The van der Waals surface area contributed by atoms with E-state index in [-0.39, 0.29) is 5.56 Å². The molecule has 0 aliphatic carbocycles. The minimum Gasteiger partial charge on any atom is -0.297 e. The summed E-state index contributed by atoms with van der Waals surface area (Å²) in [4.78, 5) is 12.5. The van der Waals surface area contributed by atoms with E-state index in [1.54, 1.807) is 4.57 Å². The molecule has 98 valence electrons. The van der Waals surface area contributed by atoms with Gasteiger partial charge in [-0.1, -0.05) is 30.3 Å². The summed E-state index contributed by atoms with van der Waals surface area (Å²) < 4.78 is 3.93. The highest BCUT2D eigenvalue weighted by atomic mass is 16.1. The topological polar surface area (TPSA) is 26.4 Å². The largest absolute Gasteiger partial charge is 0.297 e. The fraction of sp³-hybridized carbons (Fsp3) is 0.118. The van der Waals surface area contributed by atoms with Gasteiger partial charge < -0.3 is 0 Å². The first-order valence-corrected chi connectivity index (χ1v) is 6.67. The van der Waals surface area contributed by atoms with Crippen LogP contribution in [0.1, 0.15) is 5.56 Å². The van der Waals surface area contributed by atoms with Crippen LogP contribution in [0.5, 0.6) is 0 Å². The van der Waals surface area contributed by atoms with E-state index in [4.69, 9.17) is 0 Å². The SMILES string of the molecule is Cc1c2ccccc2n2c3ccccc3c(=O)n(C)c12. The Morgan fingerprint density at radius 1 is 0.850 bits per heavy atom. The van der Waals surface area contributed by atoms with Crippen molar-refractivity contribution in [3.63, 3.8) is 0 Å². The molecule has 2 aromatic carbocycles.